The summed E-state index contributed by atoms with van der Waals surface area (Å²) in [6, 6.07) is 10.9. The molecule has 0 atom stereocenters. The van der Waals surface area contributed by atoms with Crippen LogP contribution in [0.25, 0.3) is 5.69 Å². The fourth-order valence-electron chi connectivity index (χ4n) is 2.21. The minimum atomic E-state index is -0.365. The molecule has 0 aliphatic carbocycles. The van der Waals surface area contributed by atoms with E-state index in [2.05, 4.69) is 15.6 Å². The Labute approximate surface area is 149 Å². The number of halogens is 2. The van der Waals surface area contributed by atoms with Crippen molar-refractivity contribution in [2.45, 2.75) is 13.8 Å². The molecule has 1 N–H and O–H groups in total. The molecule has 24 heavy (non-hydrogen) atoms. The van der Waals surface area contributed by atoms with Gasteiger partial charge in [-0.2, -0.15) is 0 Å². The maximum Gasteiger partial charge on any atom is 0.277 e. The van der Waals surface area contributed by atoms with Crippen LogP contribution in [0.4, 0.5) is 5.69 Å². The number of rotatable bonds is 3. The summed E-state index contributed by atoms with van der Waals surface area (Å²) in [5.74, 6) is -0.365. The lowest BCUT2D eigenvalue weighted by Crippen LogP contribution is -2.13. The molecule has 0 aliphatic heterocycles. The van der Waals surface area contributed by atoms with Gasteiger partial charge in [-0.15, -0.1) is 5.10 Å². The lowest BCUT2D eigenvalue weighted by atomic mass is 10.2. The predicted molar refractivity (Wildman–Crippen MR) is 95.2 cm³/mol. The SMILES string of the molecule is Cc1ccc(Cl)cc1NC(=O)c1cn(-c2cccc(C)c2Cl)nn1. The van der Waals surface area contributed by atoms with Crippen LogP contribution in [0.2, 0.25) is 10.0 Å². The molecule has 0 fully saturated rings. The van der Waals surface area contributed by atoms with E-state index >= 15 is 0 Å². The maximum atomic E-state index is 12.4. The first-order chi connectivity index (χ1) is 11.5. The van der Waals surface area contributed by atoms with Crippen molar-refractivity contribution in [2.75, 3.05) is 5.32 Å². The van der Waals surface area contributed by atoms with Crippen molar-refractivity contribution in [2.24, 2.45) is 0 Å². The third kappa shape index (κ3) is 3.27. The number of hydrogen-bond donors (Lipinski definition) is 1. The number of nitrogens with one attached hydrogen (secondary N) is 1. The molecule has 3 rings (SSSR count). The Balaban J connectivity index is 1.86. The minimum Gasteiger partial charge on any atom is -0.320 e. The smallest absolute Gasteiger partial charge is 0.277 e. The van der Waals surface area contributed by atoms with Gasteiger partial charge >= 0.3 is 0 Å². The molecule has 0 saturated carbocycles. The first-order valence-corrected chi connectivity index (χ1v) is 7.96. The number of aryl methyl sites for hydroxylation is 2. The van der Waals surface area contributed by atoms with Gasteiger partial charge in [-0.25, -0.2) is 4.68 Å². The Morgan fingerprint density at radius 2 is 1.92 bits per heavy atom. The average Bonchev–Trinajstić information content (AvgIpc) is 3.03. The van der Waals surface area contributed by atoms with Gasteiger partial charge in [0, 0.05) is 10.7 Å². The van der Waals surface area contributed by atoms with E-state index in [9.17, 15) is 4.79 Å². The van der Waals surface area contributed by atoms with E-state index in [0.29, 0.717) is 21.4 Å². The van der Waals surface area contributed by atoms with Crippen molar-refractivity contribution in [3.8, 4) is 5.69 Å². The van der Waals surface area contributed by atoms with Gasteiger partial charge in [0.1, 0.15) is 0 Å². The van der Waals surface area contributed by atoms with Crippen LogP contribution in [0.1, 0.15) is 21.6 Å². The molecule has 3 aromatic rings. The topological polar surface area (TPSA) is 59.8 Å². The molecule has 1 amide bonds. The van der Waals surface area contributed by atoms with E-state index in [1.165, 1.54) is 10.9 Å². The molecule has 0 aliphatic rings. The van der Waals surface area contributed by atoms with Crippen LogP contribution in [0.5, 0.6) is 0 Å². The van der Waals surface area contributed by atoms with E-state index < -0.39 is 0 Å². The molecule has 0 unspecified atom stereocenters. The average molecular weight is 361 g/mol. The second kappa shape index (κ2) is 6.63. The summed E-state index contributed by atoms with van der Waals surface area (Å²) in [5.41, 5.74) is 3.32. The molecule has 0 bridgehead atoms. The van der Waals surface area contributed by atoms with Crippen LogP contribution in [0, 0.1) is 13.8 Å². The summed E-state index contributed by atoms with van der Waals surface area (Å²) >= 11 is 12.2. The molecular formula is C17H14Cl2N4O. The Morgan fingerprint density at radius 3 is 2.71 bits per heavy atom. The second-order valence-electron chi connectivity index (χ2n) is 5.37. The Hall–Kier alpha value is -2.37. The van der Waals surface area contributed by atoms with Gasteiger partial charge in [-0.1, -0.05) is 46.6 Å². The molecule has 1 aromatic heterocycles. The second-order valence-corrected chi connectivity index (χ2v) is 6.18. The number of hydrogen-bond acceptors (Lipinski definition) is 3. The Kier molecular flexibility index (Phi) is 4.55. The fourth-order valence-corrected chi connectivity index (χ4v) is 2.59. The normalized spacial score (nSPS) is 10.7. The van der Waals surface area contributed by atoms with Crippen LogP contribution in [0.15, 0.2) is 42.6 Å². The highest BCUT2D eigenvalue weighted by Gasteiger charge is 2.14. The lowest BCUT2D eigenvalue weighted by Gasteiger charge is -2.07. The van der Waals surface area contributed by atoms with Gasteiger partial charge in [-0.05, 0) is 43.2 Å². The van der Waals surface area contributed by atoms with Crippen LogP contribution in [-0.4, -0.2) is 20.9 Å². The number of carbonyl (C=O) groups is 1. The summed E-state index contributed by atoms with van der Waals surface area (Å²) in [6.45, 7) is 3.79. The number of amides is 1. The molecule has 0 radical (unpaired) electrons. The molecule has 0 spiro atoms. The third-order valence-electron chi connectivity index (χ3n) is 3.59. The Morgan fingerprint density at radius 1 is 1.12 bits per heavy atom. The van der Waals surface area contributed by atoms with Crippen LogP contribution in [-0.2, 0) is 0 Å². The third-order valence-corrected chi connectivity index (χ3v) is 4.32. The van der Waals surface area contributed by atoms with E-state index in [0.717, 1.165) is 11.1 Å². The quantitative estimate of drug-likeness (QED) is 0.750. The zero-order chi connectivity index (χ0) is 17.3. The molecule has 0 saturated heterocycles. The highest BCUT2D eigenvalue weighted by atomic mass is 35.5. The molecule has 2 aromatic carbocycles. The number of anilines is 1. The first-order valence-electron chi connectivity index (χ1n) is 7.21. The maximum absolute atomic E-state index is 12.4. The molecule has 122 valence electrons. The van der Waals surface area contributed by atoms with Gasteiger partial charge in [0.05, 0.1) is 16.9 Å². The van der Waals surface area contributed by atoms with E-state index in [1.807, 2.05) is 38.1 Å². The van der Waals surface area contributed by atoms with Crippen molar-refractivity contribution in [1.29, 1.82) is 0 Å². The van der Waals surface area contributed by atoms with Gasteiger partial charge in [0.25, 0.3) is 5.91 Å². The monoisotopic (exact) mass is 360 g/mol. The van der Waals surface area contributed by atoms with Gasteiger partial charge in [0.15, 0.2) is 5.69 Å². The van der Waals surface area contributed by atoms with Gasteiger partial charge in [-0.3, -0.25) is 4.79 Å². The standard InChI is InChI=1S/C17H14Cl2N4O/c1-10-6-7-12(18)8-13(10)20-17(24)14-9-23(22-21-14)15-5-3-4-11(2)16(15)19/h3-9H,1-2H3,(H,20,24). The lowest BCUT2D eigenvalue weighted by molar-refractivity contribution is 0.102. The zero-order valence-corrected chi connectivity index (χ0v) is 14.6. The van der Waals surface area contributed by atoms with E-state index in [-0.39, 0.29) is 11.6 Å². The first kappa shape index (κ1) is 16.5. The summed E-state index contributed by atoms with van der Waals surface area (Å²) in [5, 5.41) is 11.8. The van der Waals surface area contributed by atoms with Crippen molar-refractivity contribution >= 4 is 34.8 Å². The van der Waals surface area contributed by atoms with Crippen LogP contribution in [0.3, 0.4) is 0 Å². The predicted octanol–water partition coefficient (Wildman–Crippen LogP) is 4.44. The Bertz CT molecular complexity index is 921. The summed E-state index contributed by atoms with van der Waals surface area (Å²) in [6.07, 6.45) is 1.54. The zero-order valence-electron chi connectivity index (χ0n) is 13.0. The summed E-state index contributed by atoms with van der Waals surface area (Å²) in [7, 11) is 0. The van der Waals surface area contributed by atoms with Crippen molar-refractivity contribution in [3.63, 3.8) is 0 Å². The van der Waals surface area contributed by atoms with E-state index in [1.54, 1.807) is 12.1 Å². The summed E-state index contributed by atoms with van der Waals surface area (Å²) < 4.78 is 1.48. The molecule has 5 nitrogen and oxygen atoms in total. The highest BCUT2D eigenvalue weighted by Crippen LogP contribution is 2.24. The largest absolute Gasteiger partial charge is 0.320 e. The number of benzene rings is 2. The van der Waals surface area contributed by atoms with Crippen molar-refractivity contribution < 1.29 is 4.79 Å². The van der Waals surface area contributed by atoms with E-state index in [4.69, 9.17) is 23.2 Å². The molecule has 7 heteroatoms. The van der Waals surface area contributed by atoms with Gasteiger partial charge in [0.2, 0.25) is 0 Å². The molecular weight excluding hydrogens is 347 g/mol. The number of carbonyl (C=O) groups excluding carboxylic acids is 1. The van der Waals surface area contributed by atoms with Crippen LogP contribution >= 0.6 is 23.2 Å². The van der Waals surface area contributed by atoms with Crippen molar-refractivity contribution in [1.82, 2.24) is 15.0 Å². The summed E-state index contributed by atoms with van der Waals surface area (Å²) in [4.78, 5) is 12.4. The number of nitrogens with zero attached hydrogens (tertiary/aromatic N) is 3. The number of aromatic nitrogens is 3. The van der Waals surface area contributed by atoms with Crippen LogP contribution < -0.4 is 5.32 Å². The molecule has 1 heterocycles. The van der Waals surface area contributed by atoms with Gasteiger partial charge < -0.3 is 5.32 Å². The highest BCUT2D eigenvalue weighted by molar-refractivity contribution is 6.33. The van der Waals surface area contributed by atoms with Crippen molar-refractivity contribution in [3.05, 3.63) is 69.5 Å². The fraction of sp³-hybridized carbons (Fsp3) is 0.118. The minimum absolute atomic E-state index is 0.187.